The van der Waals surface area contributed by atoms with E-state index in [9.17, 15) is 10.1 Å². The van der Waals surface area contributed by atoms with E-state index >= 15 is 0 Å². The van der Waals surface area contributed by atoms with E-state index in [1.807, 2.05) is 65.4 Å². The summed E-state index contributed by atoms with van der Waals surface area (Å²) >= 11 is 0. The number of esters is 1. The molecule has 5 nitrogen and oxygen atoms in total. The largest absolute Gasteiger partial charge is 0.497 e. The molecule has 1 heterocycles. The van der Waals surface area contributed by atoms with Crippen LogP contribution in [0.4, 0.5) is 0 Å². The highest BCUT2D eigenvalue weighted by atomic mass is 16.5. The van der Waals surface area contributed by atoms with Gasteiger partial charge in [-0.2, -0.15) is 5.26 Å². The van der Waals surface area contributed by atoms with Crippen LogP contribution in [0.25, 0.3) is 27.7 Å². The lowest BCUT2D eigenvalue weighted by molar-refractivity contribution is 0.0526. The van der Waals surface area contributed by atoms with Gasteiger partial charge in [0, 0.05) is 17.3 Å². The molecule has 0 aliphatic rings. The number of methoxy groups -OCH3 is 1. The molecular formula is C25H20N2O3. The minimum Gasteiger partial charge on any atom is -0.497 e. The fourth-order valence-electron chi connectivity index (χ4n) is 3.47. The van der Waals surface area contributed by atoms with Crippen molar-refractivity contribution in [3.05, 3.63) is 84.1 Å². The van der Waals surface area contributed by atoms with E-state index in [0.29, 0.717) is 17.7 Å². The normalized spacial score (nSPS) is 10.6. The minimum atomic E-state index is -0.344. The van der Waals surface area contributed by atoms with Gasteiger partial charge in [0.15, 0.2) is 0 Å². The third kappa shape index (κ3) is 3.51. The van der Waals surface area contributed by atoms with Crippen molar-refractivity contribution in [1.29, 1.82) is 5.26 Å². The third-order valence-electron chi connectivity index (χ3n) is 5.00. The van der Waals surface area contributed by atoms with Gasteiger partial charge in [-0.05, 0) is 66.6 Å². The summed E-state index contributed by atoms with van der Waals surface area (Å²) in [5, 5.41) is 10.5. The van der Waals surface area contributed by atoms with Crippen molar-refractivity contribution < 1.29 is 14.3 Å². The molecule has 30 heavy (non-hydrogen) atoms. The second-order valence-electron chi connectivity index (χ2n) is 6.75. The van der Waals surface area contributed by atoms with Gasteiger partial charge in [-0.3, -0.25) is 0 Å². The van der Waals surface area contributed by atoms with Crippen LogP contribution in [-0.2, 0) is 4.74 Å². The number of benzene rings is 3. The summed E-state index contributed by atoms with van der Waals surface area (Å²) in [6.45, 7) is 2.12. The zero-order chi connectivity index (χ0) is 21.1. The molecule has 0 bridgehead atoms. The molecule has 148 valence electrons. The Balaban J connectivity index is 1.75. The van der Waals surface area contributed by atoms with E-state index in [2.05, 4.69) is 6.07 Å². The quantitative estimate of drug-likeness (QED) is 0.426. The van der Waals surface area contributed by atoms with Crippen molar-refractivity contribution >= 4 is 16.9 Å². The zero-order valence-corrected chi connectivity index (χ0v) is 16.8. The molecule has 0 radical (unpaired) electrons. The summed E-state index contributed by atoms with van der Waals surface area (Å²) in [4.78, 5) is 11.9. The number of hydrogen-bond donors (Lipinski definition) is 0. The van der Waals surface area contributed by atoms with Crippen molar-refractivity contribution in [3.8, 4) is 28.6 Å². The van der Waals surface area contributed by atoms with Gasteiger partial charge in [0.05, 0.1) is 30.4 Å². The Morgan fingerprint density at radius 3 is 2.33 bits per heavy atom. The molecule has 0 aliphatic heterocycles. The predicted octanol–water partition coefficient (Wildman–Crippen LogP) is 5.35. The van der Waals surface area contributed by atoms with Gasteiger partial charge in [-0.25, -0.2) is 4.79 Å². The molecule has 0 atom stereocenters. The molecule has 0 unspecified atom stereocenters. The van der Waals surface area contributed by atoms with Crippen LogP contribution in [-0.4, -0.2) is 24.3 Å². The summed E-state index contributed by atoms with van der Waals surface area (Å²) in [7, 11) is 1.64. The van der Waals surface area contributed by atoms with Gasteiger partial charge < -0.3 is 14.0 Å². The number of aromatic nitrogens is 1. The number of hydrogen-bond acceptors (Lipinski definition) is 4. The average Bonchev–Trinajstić information content (AvgIpc) is 3.17. The summed E-state index contributed by atoms with van der Waals surface area (Å²) in [6.07, 6.45) is 1.82. The van der Waals surface area contributed by atoms with Crippen LogP contribution in [0.15, 0.2) is 72.9 Å². The van der Waals surface area contributed by atoms with Gasteiger partial charge in [0.2, 0.25) is 0 Å². The topological polar surface area (TPSA) is 64.2 Å². The van der Waals surface area contributed by atoms with Crippen molar-refractivity contribution in [1.82, 2.24) is 4.57 Å². The highest BCUT2D eigenvalue weighted by Gasteiger charge is 2.12. The Kier molecular flexibility index (Phi) is 5.23. The molecule has 4 aromatic rings. The SMILES string of the molecule is CCOC(=O)c1ccc(-n2cc(C#N)c3cc(-c4ccc(OC)cc4)ccc32)cc1. The molecule has 3 aromatic carbocycles. The lowest BCUT2D eigenvalue weighted by Crippen LogP contribution is -2.04. The highest BCUT2D eigenvalue weighted by Crippen LogP contribution is 2.30. The number of ether oxygens (including phenoxy) is 2. The number of nitrogens with zero attached hydrogens (tertiary/aromatic N) is 2. The summed E-state index contributed by atoms with van der Waals surface area (Å²) in [5.74, 6) is 0.457. The number of carbonyl (C=O) groups is 1. The molecular weight excluding hydrogens is 376 g/mol. The van der Waals surface area contributed by atoms with E-state index < -0.39 is 0 Å². The van der Waals surface area contributed by atoms with Gasteiger partial charge in [0.25, 0.3) is 0 Å². The van der Waals surface area contributed by atoms with Crippen molar-refractivity contribution in [2.45, 2.75) is 6.92 Å². The fraction of sp³-hybridized carbons (Fsp3) is 0.120. The third-order valence-corrected chi connectivity index (χ3v) is 5.00. The van der Waals surface area contributed by atoms with E-state index in [1.54, 1.807) is 26.2 Å². The molecule has 0 amide bonds. The Bertz CT molecular complexity index is 1250. The van der Waals surface area contributed by atoms with E-state index in [1.165, 1.54) is 0 Å². The lowest BCUT2D eigenvalue weighted by atomic mass is 10.0. The Morgan fingerprint density at radius 2 is 1.70 bits per heavy atom. The lowest BCUT2D eigenvalue weighted by Gasteiger charge is -2.08. The maximum atomic E-state index is 11.9. The number of carbonyl (C=O) groups excluding carboxylic acids is 1. The van der Waals surface area contributed by atoms with Gasteiger partial charge in [-0.1, -0.05) is 18.2 Å². The van der Waals surface area contributed by atoms with Gasteiger partial charge >= 0.3 is 5.97 Å². The van der Waals surface area contributed by atoms with E-state index in [4.69, 9.17) is 9.47 Å². The molecule has 0 saturated heterocycles. The molecule has 0 fully saturated rings. The van der Waals surface area contributed by atoms with Crippen LogP contribution in [0, 0.1) is 11.3 Å². The maximum Gasteiger partial charge on any atom is 0.338 e. The molecule has 0 spiro atoms. The zero-order valence-electron chi connectivity index (χ0n) is 16.8. The van der Waals surface area contributed by atoms with Crippen LogP contribution in [0.5, 0.6) is 5.75 Å². The molecule has 5 heteroatoms. The highest BCUT2D eigenvalue weighted by molar-refractivity contribution is 5.92. The minimum absolute atomic E-state index is 0.338. The fourth-order valence-corrected chi connectivity index (χ4v) is 3.47. The summed E-state index contributed by atoms with van der Waals surface area (Å²) in [6, 6.07) is 23.4. The summed E-state index contributed by atoms with van der Waals surface area (Å²) in [5.41, 5.74) is 4.96. The Morgan fingerprint density at radius 1 is 1.00 bits per heavy atom. The molecule has 0 aliphatic carbocycles. The van der Waals surface area contributed by atoms with Crippen molar-refractivity contribution in [2.75, 3.05) is 13.7 Å². The second-order valence-corrected chi connectivity index (χ2v) is 6.75. The van der Waals surface area contributed by atoms with Crippen LogP contribution in [0.3, 0.4) is 0 Å². The first kappa shape index (κ1) is 19.3. The predicted molar refractivity (Wildman–Crippen MR) is 116 cm³/mol. The first-order valence-corrected chi connectivity index (χ1v) is 9.61. The monoisotopic (exact) mass is 396 g/mol. The number of nitriles is 1. The van der Waals surface area contributed by atoms with Gasteiger partial charge in [-0.15, -0.1) is 0 Å². The van der Waals surface area contributed by atoms with Crippen LogP contribution in [0.1, 0.15) is 22.8 Å². The van der Waals surface area contributed by atoms with Crippen molar-refractivity contribution in [3.63, 3.8) is 0 Å². The standard InChI is InChI=1S/C25H20N2O3/c1-3-30-25(28)18-4-9-21(10-5-18)27-16-20(15-26)23-14-19(8-13-24(23)27)17-6-11-22(29-2)12-7-17/h4-14,16H,3H2,1-2H3. The first-order valence-electron chi connectivity index (χ1n) is 9.61. The van der Waals surface area contributed by atoms with Crippen LogP contribution < -0.4 is 4.74 Å². The Hall–Kier alpha value is -4.04. The van der Waals surface area contributed by atoms with Crippen molar-refractivity contribution in [2.24, 2.45) is 0 Å². The van der Waals surface area contributed by atoms with Crippen LogP contribution in [0.2, 0.25) is 0 Å². The van der Waals surface area contributed by atoms with Gasteiger partial charge in [0.1, 0.15) is 11.8 Å². The van der Waals surface area contributed by atoms with E-state index in [0.717, 1.165) is 33.5 Å². The molecule has 0 N–H and O–H groups in total. The average molecular weight is 396 g/mol. The maximum absolute atomic E-state index is 11.9. The molecule has 0 saturated carbocycles. The molecule has 4 rings (SSSR count). The van der Waals surface area contributed by atoms with E-state index in [-0.39, 0.29) is 5.97 Å². The Labute approximate surface area is 174 Å². The second kappa shape index (κ2) is 8.14. The first-order chi connectivity index (χ1) is 14.6. The summed E-state index contributed by atoms with van der Waals surface area (Å²) < 4.78 is 12.2. The number of fused-ring (bicyclic) bond motifs is 1. The molecule has 1 aromatic heterocycles. The smallest absolute Gasteiger partial charge is 0.338 e. The number of rotatable bonds is 5. The van der Waals surface area contributed by atoms with Crippen LogP contribution >= 0.6 is 0 Å².